The van der Waals surface area contributed by atoms with Crippen LogP contribution in [-0.2, 0) is 17.6 Å². The second-order valence-electron chi connectivity index (χ2n) is 5.59. The molecule has 0 spiro atoms. The van der Waals surface area contributed by atoms with E-state index in [4.69, 9.17) is 14.6 Å². The minimum absolute atomic E-state index is 0.0438. The first-order valence-corrected chi connectivity index (χ1v) is 8.08. The molecule has 0 aliphatic rings. The Bertz CT molecular complexity index is 759. The largest absolute Gasteiger partial charge is 0.493 e. The van der Waals surface area contributed by atoms with E-state index in [9.17, 15) is 9.59 Å². The van der Waals surface area contributed by atoms with Crippen LogP contribution < -0.4 is 20.1 Å². The molecule has 26 heavy (non-hydrogen) atoms. The summed E-state index contributed by atoms with van der Waals surface area (Å²) in [7, 11) is 3.16. The van der Waals surface area contributed by atoms with Crippen molar-refractivity contribution in [2.45, 2.75) is 12.8 Å². The van der Waals surface area contributed by atoms with Crippen LogP contribution in [0.1, 0.15) is 11.1 Å². The van der Waals surface area contributed by atoms with Gasteiger partial charge >= 0.3 is 12.0 Å². The van der Waals surface area contributed by atoms with Gasteiger partial charge in [0.2, 0.25) is 0 Å². The van der Waals surface area contributed by atoms with E-state index in [-0.39, 0.29) is 12.5 Å². The Hall–Kier alpha value is -3.22. The number of urea groups is 1. The number of rotatable bonds is 8. The molecule has 2 aromatic rings. The van der Waals surface area contributed by atoms with Gasteiger partial charge < -0.3 is 25.2 Å². The molecule has 2 rings (SSSR count). The third-order valence-electron chi connectivity index (χ3n) is 3.71. The van der Waals surface area contributed by atoms with Gasteiger partial charge in [-0.1, -0.05) is 18.2 Å². The lowest BCUT2D eigenvalue weighted by Gasteiger charge is -2.11. The van der Waals surface area contributed by atoms with Gasteiger partial charge in [-0.25, -0.2) is 4.79 Å². The zero-order valence-corrected chi connectivity index (χ0v) is 14.7. The van der Waals surface area contributed by atoms with Gasteiger partial charge in [0, 0.05) is 12.2 Å². The summed E-state index contributed by atoms with van der Waals surface area (Å²) in [5, 5.41) is 14.2. The van der Waals surface area contributed by atoms with Crippen LogP contribution in [0.3, 0.4) is 0 Å². The van der Waals surface area contributed by atoms with Crippen LogP contribution >= 0.6 is 0 Å². The van der Waals surface area contributed by atoms with Gasteiger partial charge in [-0.05, 0) is 41.8 Å². The first-order valence-electron chi connectivity index (χ1n) is 8.08. The molecule has 0 heterocycles. The van der Waals surface area contributed by atoms with Crippen LogP contribution in [0.4, 0.5) is 10.5 Å². The predicted molar refractivity (Wildman–Crippen MR) is 98.1 cm³/mol. The quantitative estimate of drug-likeness (QED) is 0.674. The molecule has 7 heteroatoms. The molecule has 0 unspecified atom stereocenters. The zero-order chi connectivity index (χ0) is 18.9. The monoisotopic (exact) mass is 358 g/mol. The molecule has 0 aliphatic carbocycles. The zero-order valence-electron chi connectivity index (χ0n) is 14.7. The van der Waals surface area contributed by atoms with E-state index in [0.717, 1.165) is 5.56 Å². The number of hydrogen-bond donors (Lipinski definition) is 3. The van der Waals surface area contributed by atoms with Crippen molar-refractivity contribution in [1.82, 2.24) is 5.32 Å². The summed E-state index contributed by atoms with van der Waals surface area (Å²) in [5.74, 6) is 0.419. The van der Waals surface area contributed by atoms with Crippen LogP contribution in [0.5, 0.6) is 11.5 Å². The lowest BCUT2D eigenvalue weighted by molar-refractivity contribution is -0.136. The summed E-state index contributed by atoms with van der Waals surface area (Å²) in [6, 6.07) is 12.0. The summed E-state index contributed by atoms with van der Waals surface area (Å²) in [6.45, 7) is 0.457. The van der Waals surface area contributed by atoms with Gasteiger partial charge in [0.25, 0.3) is 0 Å². The molecular formula is C19H22N2O5. The minimum atomic E-state index is -0.890. The van der Waals surface area contributed by atoms with Crippen molar-refractivity contribution in [2.75, 3.05) is 26.1 Å². The molecule has 0 fully saturated rings. The highest BCUT2D eigenvalue weighted by molar-refractivity contribution is 5.89. The number of benzene rings is 2. The molecule has 3 N–H and O–H groups in total. The van der Waals surface area contributed by atoms with Crippen molar-refractivity contribution in [3.63, 3.8) is 0 Å². The number of hydrogen-bond acceptors (Lipinski definition) is 4. The van der Waals surface area contributed by atoms with Gasteiger partial charge in [0.05, 0.1) is 20.6 Å². The first-order chi connectivity index (χ1) is 12.5. The Balaban J connectivity index is 1.81. The molecule has 7 nitrogen and oxygen atoms in total. The number of anilines is 1. The van der Waals surface area contributed by atoms with Gasteiger partial charge in [0.15, 0.2) is 11.5 Å². The van der Waals surface area contributed by atoms with E-state index in [2.05, 4.69) is 10.6 Å². The van der Waals surface area contributed by atoms with Crippen molar-refractivity contribution < 1.29 is 24.2 Å². The number of amides is 2. The van der Waals surface area contributed by atoms with E-state index < -0.39 is 5.97 Å². The molecule has 138 valence electrons. The van der Waals surface area contributed by atoms with Crippen LogP contribution in [0.2, 0.25) is 0 Å². The number of carbonyl (C=O) groups excluding carboxylic acids is 1. The molecular weight excluding hydrogens is 336 g/mol. The Morgan fingerprint density at radius 2 is 1.62 bits per heavy atom. The highest BCUT2D eigenvalue weighted by atomic mass is 16.5. The fourth-order valence-corrected chi connectivity index (χ4v) is 2.41. The average molecular weight is 358 g/mol. The number of ether oxygens (including phenoxy) is 2. The maximum atomic E-state index is 11.9. The maximum Gasteiger partial charge on any atom is 0.319 e. The average Bonchev–Trinajstić information content (AvgIpc) is 2.62. The molecule has 0 aliphatic heterocycles. The number of methoxy groups -OCH3 is 2. The molecule has 0 saturated heterocycles. The number of carboxylic acids is 1. The number of aliphatic carboxylic acids is 1. The van der Waals surface area contributed by atoms with Gasteiger partial charge in [-0.15, -0.1) is 0 Å². The van der Waals surface area contributed by atoms with Crippen LogP contribution in [0.25, 0.3) is 0 Å². The van der Waals surface area contributed by atoms with Crippen LogP contribution in [0, 0.1) is 0 Å². The highest BCUT2D eigenvalue weighted by Gasteiger charge is 2.06. The van der Waals surface area contributed by atoms with Gasteiger partial charge in [-0.3, -0.25) is 4.79 Å². The van der Waals surface area contributed by atoms with E-state index in [1.165, 1.54) is 0 Å². The summed E-state index contributed by atoms with van der Waals surface area (Å²) < 4.78 is 10.4. The fraction of sp³-hybridized carbons (Fsp3) is 0.263. The van der Waals surface area contributed by atoms with Crippen molar-refractivity contribution in [3.8, 4) is 11.5 Å². The molecule has 0 aromatic heterocycles. The van der Waals surface area contributed by atoms with Crippen molar-refractivity contribution >= 4 is 17.7 Å². The number of carbonyl (C=O) groups is 2. The second kappa shape index (κ2) is 9.31. The smallest absolute Gasteiger partial charge is 0.319 e. The normalized spacial score (nSPS) is 10.1. The van der Waals surface area contributed by atoms with Crippen molar-refractivity contribution in [1.29, 1.82) is 0 Å². The van der Waals surface area contributed by atoms with Crippen molar-refractivity contribution in [3.05, 3.63) is 53.6 Å². The Labute approximate surface area is 151 Å². The Morgan fingerprint density at radius 3 is 2.23 bits per heavy atom. The summed E-state index contributed by atoms with van der Waals surface area (Å²) >= 11 is 0. The second-order valence-corrected chi connectivity index (χ2v) is 5.59. The summed E-state index contributed by atoms with van der Waals surface area (Å²) in [4.78, 5) is 22.6. The standard InChI is InChI=1S/C19H22N2O5/c1-25-16-8-5-14(11-17(16)26-2)9-10-20-19(24)21-15-6-3-13(4-7-15)12-18(22)23/h3-8,11H,9-10,12H2,1-2H3,(H,22,23)(H2,20,21,24). The third kappa shape index (κ3) is 5.70. The summed E-state index contributed by atoms with van der Waals surface area (Å²) in [6.07, 6.45) is 0.600. The van der Waals surface area contributed by atoms with E-state index in [1.54, 1.807) is 38.5 Å². The van der Waals surface area contributed by atoms with Gasteiger partial charge in [-0.2, -0.15) is 0 Å². The number of nitrogens with one attached hydrogen (secondary N) is 2. The lowest BCUT2D eigenvalue weighted by Crippen LogP contribution is -2.30. The topological polar surface area (TPSA) is 96.9 Å². The molecule has 0 bridgehead atoms. The van der Waals surface area contributed by atoms with E-state index in [0.29, 0.717) is 35.7 Å². The Morgan fingerprint density at radius 1 is 0.962 bits per heavy atom. The molecule has 2 aromatic carbocycles. The Kier molecular flexibility index (Phi) is 6.84. The highest BCUT2D eigenvalue weighted by Crippen LogP contribution is 2.27. The van der Waals surface area contributed by atoms with E-state index >= 15 is 0 Å². The minimum Gasteiger partial charge on any atom is -0.493 e. The van der Waals surface area contributed by atoms with Gasteiger partial charge in [0.1, 0.15) is 0 Å². The first kappa shape index (κ1) is 19.1. The van der Waals surface area contributed by atoms with E-state index in [1.807, 2.05) is 18.2 Å². The lowest BCUT2D eigenvalue weighted by atomic mass is 10.1. The third-order valence-corrected chi connectivity index (χ3v) is 3.71. The van der Waals surface area contributed by atoms with Crippen LogP contribution in [0.15, 0.2) is 42.5 Å². The molecule has 2 amide bonds. The molecule has 0 atom stereocenters. The maximum absolute atomic E-state index is 11.9. The molecule has 0 radical (unpaired) electrons. The predicted octanol–water partition coefficient (Wildman–Crippen LogP) is 2.70. The van der Waals surface area contributed by atoms with Crippen molar-refractivity contribution in [2.24, 2.45) is 0 Å². The fourth-order valence-electron chi connectivity index (χ4n) is 2.41. The summed E-state index contributed by atoms with van der Waals surface area (Å²) in [5.41, 5.74) is 2.29. The van der Waals surface area contributed by atoms with Crippen LogP contribution in [-0.4, -0.2) is 37.9 Å². The number of carboxylic acid groups (broad SMARTS) is 1. The molecule has 0 saturated carbocycles. The SMILES string of the molecule is COc1ccc(CCNC(=O)Nc2ccc(CC(=O)O)cc2)cc1OC.